The van der Waals surface area contributed by atoms with E-state index in [2.05, 4.69) is 5.32 Å². The Labute approximate surface area is 81.2 Å². The van der Waals surface area contributed by atoms with E-state index in [1.807, 2.05) is 6.92 Å². The van der Waals surface area contributed by atoms with Crippen LogP contribution in [0.1, 0.15) is 26.2 Å². The van der Waals surface area contributed by atoms with Crippen molar-refractivity contribution in [1.82, 2.24) is 5.32 Å². The van der Waals surface area contributed by atoms with Gasteiger partial charge in [-0.15, -0.1) is 0 Å². The van der Waals surface area contributed by atoms with Gasteiger partial charge in [-0.3, -0.25) is 0 Å². The molecule has 0 fully saturated rings. The summed E-state index contributed by atoms with van der Waals surface area (Å²) >= 11 is 0. The van der Waals surface area contributed by atoms with E-state index in [4.69, 9.17) is 17.2 Å². The van der Waals surface area contributed by atoms with Gasteiger partial charge in [-0.1, -0.05) is 6.42 Å². The monoisotopic (exact) mass is 188 g/mol. The predicted octanol–water partition coefficient (Wildman–Crippen LogP) is -0.620. The van der Waals surface area contributed by atoms with Crippen LogP contribution in [-0.2, 0) is 0 Å². The number of unbranched alkanes of at least 4 members (excludes halogenated alkanes) is 2. The molecule has 2 atom stereocenters. The zero-order valence-corrected chi connectivity index (χ0v) is 8.63. The third kappa shape index (κ3) is 8.18. The molecule has 0 bridgehead atoms. The third-order valence-electron chi connectivity index (χ3n) is 2.11. The molecule has 0 aliphatic carbocycles. The first-order valence-electron chi connectivity index (χ1n) is 5.10. The molecule has 0 amide bonds. The van der Waals surface area contributed by atoms with E-state index >= 15 is 0 Å². The summed E-state index contributed by atoms with van der Waals surface area (Å²) in [5, 5.41) is 3.28. The van der Waals surface area contributed by atoms with Crippen molar-refractivity contribution in [2.24, 2.45) is 17.2 Å². The highest BCUT2D eigenvalue weighted by Crippen LogP contribution is 1.91. The number of hydrogen-bond acceptors (Lipinski definition) is 4. The SMILES string of the molecule is CC(N)C(N)CNCCCCCN. The minimum Gasteiger partial charge on any atom is -0.330 e. The van der Waals surface area contributed by atoms with E-state index in [-0.39, 0.29) is 12.1 Å². The second-order valence-corrected chi connectivity index (χ2v) is 3.58. The van der Waals surface area contributed by atoms with Crippen molar-refractivity contribution in [1.29, 1.82) is 0 Å². The van der Waals surface area contributed by atoms with Crippen molar-refractivity contribution in [2.75, 3.05) is 19.6 Å². The van der Waals surface area contributed by atoms with Crippen molar-refractivity contribution >= 4 is 0 Å². The molecule has 0 saturated carbocycles. The van der Waals surface area contributed by atoms with Crippen LogP contribution in [0.3, 0.4) is 0 Å². The Morgan fingerprint density at radius 1 is 1.15 bits per heavy atom. The normalized spacial score (nSPS) is 15.7. The lowest BCUT2D eigenvalue weighted by molar-refractivity contribution is 0.499. The maximum absolute atomic E-state index is 5.75. The Kier molecular flexibility index (Phi) is 8.33. The van der Waals surface area contributed by atoms with E-state index in [1.165, 1.54) is 12.8 Å². The highest BCUT2D eigenvalue weighted by atomic mass is 14.9. The summed E-state index contributed by atoms with van der Waals surface area (Å²) < 4.78 is 0. The van der Waals surface area contributed by atoms with Crippen molar-refractivity contribution in [3.8, 4) is 0 Å². The minimum absolute atomic E-state index is 0.0644. The lowest BCUT2D eigenvalue weighted by atomic mass is 10.1. The molecular weight excluding hydrogens is 164 g/mol. The van der Waals surface area contributed by atoms with E-state index in [0.29, 0.717) is 0 Å². The smallest absolute Gasteiger partial charge is 0.0316 e. The van der Waals surface area contributed by atoms with Crippen LogP contribution in [0.2, 0.25) is 0 Å². The van der Waals surface area contributed by atoms with Crippen molar-refractivity contribution in [3.63, 3.8) is 0 Å². The fourth-order valence-electron chi connectivity index (χ4n) is 1.03. The van der Waals surface area contributed by atoms with Crippen LogP contribution in [0.25, 0.3) is 0 Å². The maximum Gasteiger partial charge on any atom is 0.0316 e. The number of rotatable bonds is 8. The summed E-state index contributed by atoms with van der Waals surface area (Å²) in [6.07, 6.45) is 3.47. The standard InChI is InChI=1S/C9H24N4/c1-8(11)9(12)7-13-6-4-2-3-5-10/h8-9,13H,2-7,10-12H2,1H3. The molecule has 0 rings (SSSR count). The van der Waals surface area contributed by atoms with Crippen molar-refractivity contribution in [2.45, 2.75) is 38.3 Å². The summed E-state index contributed by atoms with van der Waals surface area (Å²) in [5.41, 5.74) is 16.7. The van der Waals surface area contributed by atoms with Gasteiger partial charge in [0.1, 0.15) is 0 Å². The van der Waals surface area contributed by atoms with Gasteiger partial charge in [-0.2, -0.15) is 0 Å². The van der Waals surface area contributed by atoms with Crippen LogP contribution >= 0.6 is 0 Å². The van der Waals surface area contributed by atoms with Gasteiger partial charge < -0.3 is 22.5 Å². The first kappa shape index (κ1) is 12.8. The zero-order chi connectivity index (χ0) is 10.1. The van der Waals surface area contributed by atoms with E-state index in [0.717, 1.165) is 26.1 Å². The maximum atomic E-state index is 5.75. The molecule has 0 heterocycles. The molecule has 0 aromatic carbocycles. The Morgan fingerprint density at radius 2 is 1.85 bits per heavy atom. The molecule has 2 unspecified atom stereocenters. The van der Waals surface area contributed by atoms with Gasteiger partial charge in [0.25, 0.3) is 0 Å². The fourth-order valence-corrected chi connectivity index (χ4v) is 1.03. The predicted molar refractivity (Wildman–Crippen MR) is 57.4 cm³/mol. The molecule has 0 aromatic heterocycles. The minimum atomic E-state index is 0.0644. The molecule has 0 saturated heterocycles. The molecule has 0 aliphatic heterocycles. The summed E-state index contributed by atoms with van der Waals surface area (Å²) in [6, 6.07) is 0.131. The Balaban J connectivity index is 3.07. The van der Waals surface area contributed by atoms with Crippen molar-refractivity contribution < 1.29 is 0 Å². The van der Waals surface area contributed by atoms with Crippen molar-refractivity contribution in [3.05, 3.63) is 0 Å². The van der Waals surface area contributed by atoms with Gasteiger partial charge >= 0.3 is 0 Å². The van der Waals surface area contributed by atoms with E-state index in [9.17, 15) is 0 Å². The van der Waals surface area contributed by atoms with Gasteiger partial charge in [0.15, 0.2) is 0 Å². The Hall–Kier alpha value is -0.160. The van der Waals surface area contributed by atoms with E-state index in [1.54, 1.807) is 0 Å². The molecular formula is C9H24N4. The first-order chi connectivity index (χ1) is 6.18. The summed E-state index contributed by atoms with van der Waals surface area (Å²) in [5.74, 6) is 0. The van der Waals surface area contributed by atoms with Crippen LogP contribution in [0.4, 0.5) is 0 Å². The second-order valence-electron chi connectivity index (χ2n) is 3.58. The van der Waals surface area contributed by atoms with Crippen LogP contribution in [-0.4, -0.2) is 31.7 Å². The largest absolute Gasteiger partial charge is 0.330 e. The number of nitrogens with one attached hydrogen (secondary N) is 1. The van der Waals surface area contributed by atoms with Gasteiger partial charge in [0.05, 0.1) is 0 Å². The topological polar surface area (TPSA) is 90.1 Å². The molecule has 0 spiro atoms. The summed E-state index contributed by atoms with van der Waals surface area (Å²) in [4.78, 5) is 0. The van der Waals surface area contributed by atoms with Crippen LogP contribution in [0.5, 0.6) is 0 Å². The third-order valence-corrected chi connectivity index (χ3v) is 2.11. The second kappa shape index (κ2) is 8.44. The highest BCUT2D eigenvalue weighted by molar-refractivity contribution is 4.73. The Morgan fingerprint density at radius 3 is 2.38 bits per heavy atom. The molecule has 0 aliphatic rings. The van der Waals surface area contributed by atoms with Gasteiger partial charge in [0.2, 0.25) is 0 Å². The average Bonchev–Trinajstić information content (AvgIpc) is 2.10. The summed E-state index contributed by atoms with van der Waals surface area (Å²) in [6.45, 7) is 4.54. The van der Waals surface area contributed by atoms with E-state index < -0.39 is 0 Å². The van der Waals surface area contributed by atoms with Crippen LogP contribution < -0.4 is 22.5 Å². The molecule has 80 valence electrons. The lowest BCUT2D eigenvalue weighted by Crippen LogP contribution is -2.46. The molecule has 0 aromatic rings. The van der Waals surface area contributed by atoms with Gasteiger partial charge in [-0.05, 0) is 32.9 Å². The average molecular weight is 188 g/mol. The zero-order valence-electron chi connectivity index (χ0n) is 8.63. The number of nitrogens with two attached hydrogens (primary N) is 3. The molecule has 0 radical (unpaired) electrons. The quantitative estimate of drug-likeness (QED) is 0.382. The lowest BCUT2D eigenvalue weighted by Gasteiger charge is -2.15. The molecule has 13 heavy (non-hydrogen) atoms. The fraction of sp³-hybridized carbons (Fsp3) is 1.00. The molecule has 4 nitrogen and oxygen atoms in total. The summed E-state index contributed by atoms with van der Waals surface area (Å²) in [7, 11) is 0. The molecule has 4 heteroatoms. The van der Waals surface area contributed by atoms with Gasteiger partial charge in [0, 0.05) is 18.6 Å². The Bertz CT molecular complexity index is 106. The van der Waals surface area contributed by atoms with Crippen LogP contribution in [0.15, 0.2) is 0 Å². The number of hydrogen-bond donors (Lipinski definition) is 4. The first-order valence-corrected chi connectivity index (χ1v) is 5.10. The molecule has 7 N–H and O–H groups in total. The van der Waals surface area contributed by atoms with Gasteiger partial charge in [-0.25, -0.2) is 0 Å². The van der Waals surface area contributed by atoms with Crippen LogP contribution in [0, 0.1) is 0 Å². The highest BCUT2D eigenvalue weighted by Gasteiger charge is 2.05.